The van der Waals surface area contributed by atoms with Gasteiger partial charge in [0.1, 0.15) is 22.3 Å². The number of fused-ring (bicyclic) bond motifs is 9. The second kappa shape index (κ2) is 17.3. The maximum Gasteiger partial charge on any atom is 0.164 e. The lowest BCUT2D eigenvalue weighted by Crippen LogP contribution is -2.00. The topological polar surface area (TPSA) is 69.9 Å². The molecule has 75 heavy (non-hydrogen) atoms. The zero-order valence-electron chi connectivity index (χ0n) is 40.4. The summed E-state index contributed by atoms with van der Waals surface area (Å²) in [6.45, 7) is 0. The summed E-state index contributed by atoms with van der Waals surface area (Å²) in [6.07, 6.45) is 0. The van der Waals surface area contributed by atoms with Gasteiger partial charge < -0.3 is 13.4 Å². The van der Waals surface area contributed by atoms with Crippen molar-refractivity contribution in [1.82, 2.24) is 19.5 Å². The third kappa shape index (κ3) is 7.07. The van der Waals surface area contributed by atoms with E-state index in [2.05, 4.69) is 180 Å². The molecule has 0 aliphatic heterocycles. The van der Waals surface area contributed by atoms with Crippen LogP contribution in [0.5, 0.6) is 0 Å². The van der Waals surface area contributed by atoms with Gasteiger partial charge in [-0.3, -0.25) is 0 Å². The largest absolute Gasteiger partial charge is 0.456 e. The van der Waals surface area contributed by atoms with Crippen molar-refractivity contribution in [3.63, 3.8) is 0 Å². The van der Waals surface area contributed by atoms with Crippen molar-refractivity contribution in [1.29, 1.82) is 0 Å². The highest BCUT2D eigenvalue weighted by Crippen LogP contribution is 2.47. The maximum atomic E-state index is 6.67. The molecule has 0 aliphatic rings. The number of aromatic nitrogens is 4. The number of hydrogen-bond acceptors (Lipinski definition) is 5. The quantitative estimate of drug-likeness (QED) is 0.152. The molecule has 15 aromatic rings. The van der Waals surface area contributed by atoms with E-state index >= 15 is 0 Å². The highest BCUT2D eigenvalue weighted by atomic mass is 16.3. The van der Waals surface area contributed by atoms with Crippen LogP contribution in [0.1, 0.15) is 0 Å². The normalized spacial score (nSPS) is 11.7. The highest BCUT2D eigenvalue weighted by Gasteiger charge is 2.24. The number of para-hydroxylation sites is 3. The lowest BCUT2D eigenvalue weighted by Gasteiger charge is -2.18. The molecule has 6 nitrogen and oxygen atoms in total. The molecular formula is C69H42N4O2. The molecule has 0 radical (unpaired) electrons. The van der Waals surface area contributed by atoms with E-state index in [1.54, 1.807) is 0 Å². The number of nitrogens with zero attached hydrogens (tertiary/aromatic N) is 4. The third-order valence-corrected chi connectivity index (χ3v) is 14.7. The maximum absolute atomic E-state index is 6.67. The lowest BCUT2D eigenvalue weighted by molar-refractivity contribution is 0.668. The van der Waals surface area contributed by atoms with Gasteiger partial charge in [0.05, 0.1) is 22.1 Å². The minimum atomic E-state index is 0.591. The Bertz CT molecular complexity index is 4650. The van der Waals surface area contributed by atoms with Gasteiger partial charge in [-0.05, 0) is 94.0 Å². The zero-order chi connectivity index (χ0) is 49.4. The molecule has 0 aliphatic carbocycles. The fourth-order valence-electron chi connectivity index (χ4n) is 11.3. The highest BCUT2D eigenvalue weighted by molar-refractivity contribution is 6.18. The minimum Gasteiger partial charge on any atom is -0.456 e. The van der Waals surface area contributed by atoms with Crippen LogP contribution in [-0.4, -0.2) is 19.5 Å². The standard InChI is InChI=1S/C69H42N4O2/c1-4-18-43(19-5-1)46-34-37-58-56(42-46)53-28-10-13-31-57(53)73(58)66-52(36-39-62-65(66)55-30-12-15-33-60(55)75-62)48-25-16-24-47(40-48)51-35-38-61-64(54-29-11-14-32-59(54)74-61)63(51)49-26-17-27-50(41-49)69-71-67(44-20-6-2-7-21-44)70-68(72-69)45-22-8-3-9-23-45/h1-42H. The minimum absolute atomic E-state index is 0.591. The second-order valence-corrected chi connectivity index (χ2v) is 19.0. The molecule has 0 fully saturated rings. The summed E-state index contributed by atoms with van der Waals surface area (Å²) in [4.78, 5) is 15.3. The summed E-state index contributed by atoms with van der Waals surface area (Å²) in [7, 11) is 0. The van der Waals surface area contributed by atoms with Crippen LogP contribution >= 0.6 is 0 Å². The van der Waals surface area contributed by atoms with Gasteiger partial charge >= 0.3 is 0 Å². The van der Waals surface area contributed by atoms with E-state index in [-0.39, 0.29) is 0 Å². The first-order chi connectivity index (χ1) is 37.2. The van der Waals surface area contributed by atoms with Crippen molar-refractivity contribution in [3.05, 3.63) is 255 Å². The van der Waals surface area contributed by atoms with Crippen molar-refractivity contribution >= 4 is 65.7 Å². The Balaban J connectivity index is 0.952. The van der Waals surface area contributed by atoms with Crippen molar-refractivity contribution in [2.45, 2.75) is 0 Å². The molecule has 0 spiro atoms. The molecule has 0 amide bonds. The molecule has 11 aromatic carbocycles. The van der Waals surface area contributed by atoms with Gasteiger partial charge in [-0.15, -0.1) is 0 Å². The predicted molar refractivity (Wildman–Crippen MR) is 307 cm³/mol. The van der Waals surface area contributed by atoms with Gasteiger partial charge in [-0.25, -0.2) is 15.0 Å². The van der Waals surface area contributed by atoms with Crippen LogP contribution in [0.4, 0.5) is 0 Å². The van der Waals surface area contributed by atoms with E-state index in [1.807, 2.05) is 78.9 Å². The molecule has 4 aromatic heterocycles. The summed E-state index contributed by atoms with van der Waals surface area (Å²) in [5.74, 6) is 1.82. The Hall–Kier alpha value is -10.2. The van der Waals surface area contributed by atoms with Crippen molar-refractivity contribution in [3.8, 4) is 84.4 Å². The summed E-state index contributed by atoms with van der Waals surface area (Å²) < 4.78 is 15.8. The van der Waals surface area contributed by atoms with Crippen LogP contribution in [0.25, 0.3) is 150 Å². The van der Waals surface area contributed by atoms with E-state index in [0.29, 0.717) is 17.5 Å². The first kappa shape index (κ1) is 42.5. The third-order valence-electron chi connectivity index (χ3n) is 14.7. The number of furan rings is 2. The van der Waals surface area contributed by atoms with E-state index in [4.69, 9.17) is 23.8 Å². The van der Waals surface area contributed by atoms with Crippen LogP contribution < -0.4 is 0 Å². The molecular weight excluding hydrogens is 917 g/mol. The van der Waals surface area contributed by atoms with Gasteiger partial charge in [0.2, 0.25) is 0 Å². The van der Waals surface area contributed by atoms with Gasteiger partial charge in [0.15, 0.2) is 17.5 Å². The molecule has 0 saturated carbocycles. The van der Waals surface area contributed by atoms with Crippen molar-refractivity contribution < 1.29 is 8.83 Å². The van der Waals surface area contributed by atoms with Gasteiger partial charge in [-0.2, -0.15) is 0 Å². The molecule has 0 atom stereocenters. The Kier molecular flexibility index (Phi) is 9.78. The number of hydrogen-bond donors (Lipinski definition) is 0. The summed E-state index contributed by atoms with van der Waals surface area (Å²) in [5, 5.41) is 6.60. The smallest absolute Gasteiger partial charge is 0.164 e. The van der Waals surface area contributed by atoms with E-state index in [0.717, 1.165) is 111 Å². The molecule has 15 rings (SSSR count). The van der Waals surface area contributed by atoms with E-state index in [1.165, 1.54) is 21.9 Å². The molecule has 6 heteroatoms. The van der Waals surface area contributed by atoms with Gasteiger partial charge in [-0.1, -0.05) is 194 Å². The monoisotopic (exact) mass is 958 g/mol. The van der Waals surface area contributed by atoms with Gasteiger partial charge in [0, 0.05) is 54.7 Å². The molecule has 0 N–H and O–H groups in total. The zero-order valence-corrected chi connectivity index (χ0v) is 40.4. The van der Waals surface area contributed by atoms with Crippen LogP contribution in [0, 0.1) is 0 Å². The lowest BCUT2D eigenvalue weighted by atomic mass is 9.88. The Morgan fingerprint density at radius 3 is 1.40 bits per heavy atom. The first-order valence-electron chi connectivity index (χ1n) is 25.2. The second-order valence-electron chi connectivity index (χ2n) is 19.0. The summed E-state index contributed by atoms with van der Waals surface area (Å²) in [6, 6.07) is 89.5. The summed E-state index contributed by atoms with van der Waals surface area (Å²) >= 11 is 0. The average molecular weight is 959 g/mol. The SMILES string of the molecule is c1ccc(-c2ccc3c(c2)c2ccccc2n3-c2c(-c3cccc(-c4ccc5oc6ccccc6c5c4-c4cccc(-c5nc(-c6ccccc6)nc(-c6ccccc6)n5)c4)c3)ccc3oc4ccccc4c23)cc1. The number of benzene rings is 11. The fraction of sp³-hybridized carbons (Fsp3) is 0. The predicted octanol–water partition coefficient (Wildman–Crippen LogP) is 18.4. The van der Waals surface area contributed by atoms with E-state index < -0.39 is 0 Å². The van der Waals surface area contributed by atoms with E-state index in [9.17, 15) is 0 Å². The van der Waals surface area contributed by atoms with Crippen LogP contribution in [0.3, 0.4) is 0 Å². The molecule has 4 heterocycles. The van der Waals surface area contributed by atoms with Crippen molar-refractivity contribution in [2.24, 2.45) is 0 Å². The van der Waals surface area contributed by atoms with Gasteiger partial charge in [0.25, 0.3) is 0 Å². The first-order valence-corrected chi connectivity index (χ1v) is 25.2. The molecule has 0 bridgehead atoms. The fourth-order valence-corrected chi connectivity index (χ4v) is 11.3. The molecule has 350 valence electrons. The van der Waals surface area contributed by atoms with Crippen LogP contribution in [-0.2, 0) is 0 Å². The Labute approximate surface area is 431 Å². The Morgan fingerprint density at radius 1 is 0.267 bits per heavy atom. The Morgan fingerprint density at radius 2 is 0.733 bits per heavy atom. The number of rotatable bonds is 8. The molecule has 0 unspecified atom stereocenters. The van der Waals surface area contributed by atoms with Crippen LogP contribution in [0.15, 0.2) is 264 Å². The van der Waals surface area contributed by atoms with Crippen molar-refractivity contribution in [2.75, 3.05) is 0 Å². The van der Waals surface area contributed by atoms with Crippen LogP contribution in [0.2, 0.25) is 0 Å². The average Bonchev–Trinajstić information content (AvgIpc) is 4.17. The molecule has 0 saturated heterocycles. The summed E-state index contributed by atoms with van der Waals surface area (Å²) in [5.41, 5.74) is 18.1.